The predicted molar refractivity (Wildman–Crippen MR) is 143 cm³/mol. The summed E-state index contributed by atoms with van der Waals surface area (Å²) in [6, 6.07) is 12.7. The Balaban J connectivity index is 0.00000481. The number of amides is 3. The molecule has 0 unspecified atom stereocenters. The average molecular weight is 504 g/mol. The number of carbonyl (C=O) groups excluding carboxylic acids is 3. The fourth-order valence-corrected chi connectivity index (χ4v) is 3.62. The van der Waals surface area contributed by atoms with Crippen molar-refractivity contribution in [2.75, 3.05) is 31.5 Å². The molecule has 3 rings (SSSR count). The van der Waals surface area contributed by atoms with Crippen molar-refractivity contribution in [1.82, 2.24) is 15.7 Å². The molecule has 2 aromatic rings. The van der Waals surface area contributed by atoms with Crippen molar-refractivity contribution < 1.29 is 19.6 Å². The summed E-state index contributed by atoms with van der Waals surface area (Å²) in [6.07, 6.45) is 3.53. The summed E-state index contributed by atoms with van der Waals surface area (Å²) in [6.45, 7) is 2.21. The molecule has 1 fully saturated rings. The van der Waals surface area contributed by atoms with Gasteiger partial charge in [-0.25, -0.2) is 5.48 Å². The first kappa shape index (κ1) is 29.1. The highest BCUT2D eigenvalue weighted by Crippen LogP contribution is 2.11. The number of carbonyl (C=O) groups is 3. The lowest BCUT2D eigenvalue weighted by Crippen LogP contribution is -2.50. The van der Waals surface area contributed by atoms with E-state index in [1.807, 2.05) is 24.3 Å². The minimum atomic E-state index is -1.04. The molecular formula is C28H33N5O4. The van der Waals surface area contributed by atoms with Crippen LogP contribution in [0.1, 0.15) is 48.2 Å². The molecular weight excluding hydrogens is 470 g/mol. The fourth-order valence-electron chi connectivity index (χ4n) is 3.62. The first-order valence-electron chi connectivity index (χ1n) is 11.7. The Morgan fingerprint density at radius 3 is 2.03 bits per heavy atom. The number of rotatable bonds is 7. The van der Waals surface area contributed by atoms with Crippen LogP contribution in [-0.4, -0.2) is 60.0 Å². The number of hydroxylamine groups is 1. The molecule has 3 amide bonds. The minimum Gasteiger partial charge on any atom is -0.339 e. The summed E-state index contributed by atoms with van der Waals surface area (Å²) in [5, 5.41) is 14.0. The molecule has 0 bridgehead atoms. The average Bonchev–Trinajstić information content (AvgIpc) is 2.91. The Morgan fingerprint density at radius 1 is 0.919 bits per heavy atom. The quantitative estimate of drug-likeness (QED) is 0.222. The van der Waals surface area contributed by atoms with Crippen LogP contribution in [0.25, 0.3) is 0 Å². The summed E-state index contributed by atoms with van der Waals surface area (Å²) in [7, 11) is 0. The molecule has 1 atom stereocenters. The molecule has 0 radical (unpaired) electrons. The summed E-state index contributed by atoms with van der Waals surface area (Å²) < 4.78 is 0. The van der Waals surface area contributed by atoms with Crippen LogP contribution in [0.2, 0.25) is 0 Å². The number of anilines is 1. The molecule has 0 saturated carbocycles. The Hall–Kier alpha value is -4.15. The van der Waals surface area contributed by atoms with Crippen LogP contribution in [0, 0.1) is 23.7 Å². The highest BCUT2D eigenvalue weighted by molar-refractivity contribution is 5.97. The van der Waals surface area contributed by atoms with Gasteiger partial charge in [-0.2, -0.15) is 0 Å². The lowest BCUT2D eigenvalue weighted by molar-refractivity contribution is -0.130. The zero-order chi connectivity index (χ0) is 25.8. The van der Waals surface area contributed by atoms with Crippen molar-refractivity contribution in [3.63, 3.8) is 0 Å². The van der Waals surface area contributed by atoms with Crippen molar-refractivity contribution in [3.05, 3.63) is 65.2 Å². The second-order valence-electron chi connectivity index (χ2n) is 8.28. The third-order valence-corrected chi connectivity index (χ3v) is 5.58. The molecule has 1 aliphatic rings. The first-order valence-corrected chi connectivity index (χ1v) is 11.7. The smallest absolute Gasteiger partial charge is 0.267 e. The number of benzene rings is 2. The molecule has 37 heavy (non-hydrogen) atoms. The van der Waals surface area contributed by atoms with E-state index in [0.29, 0.717) is 17.7 Å². The molecule has 6 N–H and O–H groups in total. The van der Waals surface area contributed by atoms with E-state index in [1.165, 1.54) is 11.9 Å². The molecule has 9 heteroatoms. The van der Waals surface area contributed by atoms with E-state index < -0.39 is 17.9 Å². The van der Waals surface area contributed by atoms with E-state index in [1.54, 1.807) is 24.3 Å². The Bertz CT molecular complexity index is 1180. The van der Waals surface area contributed by atoms with Gasteiger partial charge in [-0.3, -0.25) is 24.5 Å². The van der Waals surface area contributed by atoms with Gasteiger partial charge >= 0.3 is 0 Å². The number of piperidine rings is 1. The Kier molecular flexibility index (Phi) is 11.8. The number of nitrogens with two attached hydrogens (primary N) is 1. The molecule has 1 saturated heterocycles. The van der Waals surface area contributed by atoms with E-state index in [2.05, 4.69) is 39.2 Å². The Morgan fingerprint density at radius 2 is 1.49 bits per heavy atom. The zero-order valence-electron chi connectivity index (χ0n) is 19.8. The molecule has 194 valence electrons. The molecule has 1 aliphatic heterocycles. The number of hydrogen-bond acceptors (Lipinski definition) is 6. The van der Waals surface area contributed by atoms with Crippen molar-refractivity contribution in [2.45, 2.75) is 32.7 Å². The largest absolute Gasteiger partial charge is 0.339 e. The third kappa shape index (κ3) is 9.43. The molecule has 0 aliphatic carbocycles. The van der Waals surface area contributed by atoms with Gasteiger partial charge in [-0.15, -0.1) is 0 Å². The van der Waals surface area contributed by atoms with Gasteiger partial charge < -0.3 is 16.4 Å². The van der Waals surface area contributed by atoms with Crippen molar-refractivity contribution in [2.24, 2.45) is 5.73 Å². The van der Waals surface area contributed by atoms with Crippen LogP contribution in [0.15, 0.2) is 48.5 Å². The molecule has 9 nitrogen and oxygen atoms in total. The van der Waals surface area contributed by atoms with Crippen LogP contribution in [0.3, 0.4) is 0 Å². The lowest BCUT2D eigenvalue weighted by atomic mass is 10.1. The summed E-state index contributed by atoms with van der Waals surface area (Å²) >= 11 is 0. The van der Waals surface area contributed by atoms with E-state index in [-0.39, 0.29) is 19.9 Å². The number of nitrogens with zero attached hydrogens (tertiary/aromatic N) is 1. The van der Waals surface area contributed by atoms with Crippen molar-refractivity contribution in [3.8, 4) is 23.7 Å². The topological polar surface area (TPSA) is 137 Å². The van der Waals surface area contributed by atoms with Gasteiger partial charge in [0.15, 0.2) is 0 Å². The van der Waals surface area contributed by atoms with Crippen LogP contribution >= 0.6 is 0 Å². The van der Waals surface area contributed by atoms with Crippen LogP contribution in [-0.2, 0) is 9.59 Å². The lowest BCUT2D eigenvalue weighted by Gasteiger charge is -2.25. The van der Waals surface area contributed by atoms with Gasteiger partial charge in [-0.05, 0) is 86.3 Å². The highest BCUT2D eigenvalue weighted by Gasteiger charge is 2.19. The summed E-state index contributed by atoms with van der Waals surface area (Å²) in [4.78, 5) is 38.1. The van der Waals surface area contributed by atoms with E-state index in [0.717, 1.165) is 37.2 Å². The third-order valence-electron chi connectivity index (χ3n) is 5.58. The van der Waals surface area contributed by atoms with E-state index in [4.69, 9.17) is 10.9 Å². The molecule has 1 heterocycles. The maximum atomic E-state index is 12.2. The van der Waals surface area contributed by atoms with E-state index >= 15 is 0 Å². The highest BCUT2D eigenvalue weighted by atomic mass is 16.5. The van der Waals surface area contributed by atoms with Crippen molar-refractivity contribution in [1.29, 1.82) is 0 Å². The second kappa shape index (κ2) is 15.1. The van der Waals surface area contributed by atoms with Crippen LogP contribution < -0.4 is 21.8 Å². The van der Waals surface area contributed by atoms with Gasteiger partial charge in [0.2, 0.25) is 5.91 Å². The SMILES string of the molecule is C.NC[C@H](NC(=O)c1ccc(C#CC#Cc2ccc(NC(=O)CN3CCCCC3)cc2)cc1)C(=O)NO. The second-order valence-corrected chi connectivity index (χ2v) is 8.28. The number of likely N-dealkylation sites (tertiary alicyclic amines) is 1. The minimum absolute atomic E-state index is 0. The molecule has 0 spiro atoms. The van der Waals surface area contributed by atoms with Gasteiger partial charge in [0.25, 0.3) is 11.8 Å². The van der Waals surface area contributed by atoms with Gasteiger partial charge in [0.05, 0.1) is 6.54 Å². The number of hydrogen-bond donors (Lipinski definition) is 5. The van der Waals surface area contributed by atoms with Crippen LogP contribution in [0.4, 0.5) is 5.69 Å². The van der Waals surface area contributed by atoms with Crippen LogP contribution in [0.5, 0.6) is 0 Å². The van der Waals surface area contributed by atoms with Crippen molar-refractivity contribution >= 4 is 23.4 Å². The van der Waals surface area contributed by atoms with Gasteiger partial charge in [-0.1, -0.05) is 25.7 Å². The normalized spacial score (nSPS) is 13.4. The van der Waals surface area contributed by atoms with Gasteiger partial charge in [0.1, 0.15) is 6.04 Å². The zero-order valence-corrected chi connectivity index (χ0v) is 19.8. The first-order chi connectivity index (χ1) is 17.5. The predicted octanol–water partition coefficient (Wildman–Crippen LogP) is 1.71. The number of nitrogens with one attached hydrogen (secondary N) is 3. The fraction of sp³-hybridized carbons (Fsp3) is 0.321. The Labute approximate surface area is 217 Å². The summed E-state index contributed by atoms with van der Waals surface area (Å²) in [5.74, 6) is 10.1. The van der Waals surface area contributed by atoms with E-state index in [9.17, 15) is 14.4 Å². The molecule has 0 aromatic heterocycles. The van der Waals surface area contributed by atoms with Gasteiger partial charge in [0, 0.05) is 28.9 Å². The summed E-state index contributed by atoms with van der Waals surface area (Å²) in [5.41, 5.74) is 9.38. The standard InChI is InChI=1S/C27H29N5O4.CH4/c28-18-24(27(35)31-36)30-26(34)22-12-8-20(9-13-22)6-2-3-7-21-10-14-23(15-11-21)29-25(33)19-32-16-4-1-5-17-32;/h8-15,24,36H,1,4-5,16-19,28H2,(H,29,33)(H,30,34)(H,31,35);1H4/t24-;/m0./s1. The molecule has 2 aromatic carbocycles. The maximum Gasteiger partial charge on any atom is 0.267 e. The monoisotopic (exact) mass is 503 g/mol. The maximum absolute atomic E-state index is 12.2.